The van der Waals surface area contributed by atoms with Gasteiger partial charge in [0.25, 0.3) is 0 Å². The molecule has 0 unspecified atom stereocenters. The van der Waals surface area contributed by atoms with Crippen LogP contribution in [0.3, 0.4) is 0 Å². The quantitative estimate of drug-likeness (QED) is 0.808. The van der Waals surface area contributed by atoms with Crippen LogP contribution in [-0.4, -0.2) is 29.5 Å². The normalized spacial score (nSPS) is 10.5. The third kappa shape index (κ3) is 4.70. The van der Waals surface area contributed by atoms with Crippen LogP contribution in [0.5, 0.6) is 0 Å². The molecule has 0 spiro atoms. The largest absolute Gasteiger partial charge is 0.375 e. The number of amides is 1. The van der Waals surface area contributed by atoms with Gasteiger partial charge in [-0.3, -0.25) is 9.78 Å². The Hall–Kier alpha value is -1.62. The number of aromatic nitrogens is 1. The van der Waals surface area contributed by atoms with E-state index in [2.05, 4.69) is 4.98 Å². The summed E-state index contributed by atoms with van der Waals surface area (Å²) in [6, 6.07) is 10.9. The Balaban J connectivity index is 2.16. The van der Waals surface area contributed by atoms with Gasteiger partial charge in [-0.25, -0.2) is 0 Å². The molecule has 1 aromatic heterocycles. The number of nitrogens with zero attached hydrogens (tertiary/aromatic N) is 2. The highest BCUT2D eigenvalue weighted by molar-refractivity contribution is 6.42. The Morgan fingerprint density at radius 1 is 1.18 bits per heavy atom. The summed E-state index contributed by atoms with van der Waals surface area (Å²) in [5.41, 5.74) is 1.71. The van der Waals surface area contributed by atoms with E-state index in [-0.39, 0.29) is 12.5 Å². The molecule has 0 aliphatic heterocycles. The molecule has 6 heteroatoms. The van der Waals surface area contributed by atoms with Gasteiger partial charge in [0.05, 0.1) is 22.3 Å². The summed E-state index contributed by atoms with van der Waals surface area (Å²) < 4.78 is 4.94. The highest BCUT2D eigenvalue weighted by atomic mass is 35.5. The minimum atomic E-state index is -0.112. The standard InChI is InChI=1S/C16H16Cl2N2O2/c1-22-11-16(21)20(10-13-4-2-3-7-19-13)9-12-5-6-14(17)15(18)8-12/h2-8H,9-11H2,1H3. The maximum Gasteiger partial charge on any atom is 0.249 e. The monoisotopic (exact) mass is 338 g/mol. The lowest BCUT2D eigenvalue weighted by Gasteiger charge is -2.22. The van der Waals surface area contributed by atoms with Crippen LogP contribution in [-0.2, 0) is 22.6 Å². The van der Waals surface area contributed by atoms with Crippen molar-refractivity contribution in [2.75, 3.05) is 13.7 Å². The van der Waals surface area contributed by atoms with E-state index < -0.39 is 0 Å². The highest BCUT2D eigenvalue weighted by Gasteiger charge is 2.15. The summed E-state index contributed by atoms with van der Waals surface area (Å²) in [7, 11) is 1.50. The van der Waals surface area contributed by atoms with Gasteiger partial charge in [-0.05, 0) is 29.8 Å². The van der Waals surface area contributed by atoms with Crippen molar-refractivity contribution in [3.05, 3.63) is 63.9 Å². The van der Waals surface area contributed by atoms with Crippen molar-refractivity contribution >= 4 is 29.1 Å². The third-order valence-electron chi connectivity index (χ3n) is 3.06. The maximum absolute atomic E-state index is 12.2. The van der Waals surface area contributed by atoms with Crippen LogP contribution in [0.1, 0.15) is 11.3 Å². The maximum atomic E-state index is 12.2. The zero-order valence-corrected chi connectivity index (χ0v) is 13.6. The van der Waals surface area contributed by atoms with Crippen molar-refractivity contribution in [3.8, 4) is 0 Å². The number of methoxy groups -OCH3 is 1. The van der Waals surface area contributed by atoms with Crippen molar-refractivity contribution < 1.29 is 9.53 Å². The first kappa shape index (κ1) is 16.7. The molecule has 0 fully saturated rings. The molecule has 0 aliphatic carbocycles. The predicted octanol–water partition coefficient (Wildman–Crippen LogP) is 3.56. The third-order valence-corrected chi connectivity index (χ3v) is 3.80. The van der Waals surface area contributed by atoms with Crippen LogP contribution in [0.25, 0.3) is 0 Å². The van der Waals surface area contributed by atoms with Crippen LogP contribution >= 0.6 is 23.2 Å². The second kappa shape index (κ2) is 8.13. The van der Waals surface area contributed by atoms with E-state index in [1.807, 2.05) is 24.3 Å². The van der Waals surface area contributed by atoms with Crippen LogP contribution in [0, 0.1) is 0 Å². The van der Waals surface area contributed by atoms with Crippen LogP contribution in [0.15, 0.2) is 42.6 Å². The summed E-state index contributed by atoms with van der Waals surface area (Å²) in [5, 5.41) is 0.959. The second-order valence-electron chi connectivity index (χ2n) is 4.75. The van der Waals surface area contributed by atoms with Crippen LogP contribution in [0.4, 0.5) is 0 Å². The lowest BCUT2D eigenvalue weighted by atomic mass is 10.2. The van der Waals surface area contributed by atoms with Gasteiger partial charge < -0.3 is 9.64 Å². The number of carbonyl (C=O) groups is 1. The Kier molecular flexibility index (Phi) is 6.19. The number of ether oxygens (including phenoxy) is 1. The molecule has 4 nitrogen and oxygen atoms in total. The molecule has 1 heterocycles. The average Bonchev–Trinajstić information content (AvgIpc) is 2.51. The Bertz CT molecular complexity index is 635. The summed E-state index contributed by atoms with van der Waals surface area (Å²) in [4.78, 5) is 18.1. The lowest BCUT2D eigenvalue weighted by molar-refractivity contribution is -0.136. The van der Waals surface area contributed by atoms with Gasteiger partial charge in [0.1, 0.15) is 6.61 Å². The second-order valence-corrected chi connectivity index (χ2v) is 5.57. The molecule has 2 aromatic rings. The molecule has 0 bridgehead atoms. The summed E-state index contributed by atoms with van der Waals surface area (Å²) in [5.74, 6) is -0.112. The zero-order chi connectivity index (χ0) is 15.9. The molecule has 22 heavy (non-hydrogen) atoms. The minimum absolute atomic E-state index is 0.0220. The first-order chi connectivity index (χ1) is 10.6. The molecule has 1 amide bonds. The lowest BCUT2D eigenvalue weighted by Crippen LogP contribution is -2.33. The molecule has 0 aliphatic rings. The first-order valence-electron chi connectivity index (χ1n) is 6.70. The molecule has 0 N–H and O–H groups in total. The fourth-order valence-electron chi connectivity index (χ4n) is 1.99. The molecule has 0 saturated heterocycles. The number of rotatable bonds is 6. The summed E-state index contributed by atoms with van der Waals surface area (Å²) in [6.45, 7) is 0.840. The SMILES string of the molecule is COCC(=O)N(Cc1ccc(Cl)c(Cl)c1)Cc1ccccn1. The smallest absolute Gasteiger partial charge is 0.249 e. The molecule has 116 valence electrons. The van der Waals surface area contributed by atoms with Crippen molar-refractivity contribution in [2.45, 2.75) is 13.1 Å². The first-order valence-corrected chi connectivity index (χ1v) is 7.46. The minimum Gasteiger partial charge on any atom is -0.375 e. The molecule has 0 atom stereocenters. The Labute approximate surface area is 139 Å². The fraction of sp³-hybridized carbons (Fsp3) is 0.250. The Morgan fingerprint density at radius 3 is 2.64 bits per heavy atom. The van der Waals surface area contributed by atoms with E-state index in [4.69, 9.17) is 27.9 Å². The summed E-state index contributed by atoms with van der Waals surface area (Å²) in [6.07, 6.45) is 1.70. The van der Waals surface area contributed by atoms with E-state index in [0.29, 0.717) is 23.1 Å². The van der Waals surface area contributed by atoms with E-state index in [0.717, 1.165) is 11.3 Å². The van der Waals surface area contributed by atoms with Gasteiger partial charge in [0.2, 0.25) is 5.91 Å². The van der Waals surface area contributed by atoms with Gasteiger partial charge >= 0.3 is 0 Å². The Morgan fingerprint density at radius 2 is 2.00 bits per heavy atom. The molecule has 2 rings (SSSR count). The predicted molar refractivity (Wildman–Crippen MR) is 86.8 cm³/mol. The number of pyridine rings is 1. The summed E-state index contributed by atoms with van der Waals surface area (Å²) >= 11 is 11.9. The zero-order valence-electron chi connectivity index (χ0n) is 12.1. The van der Waals surface area contributed by atoms with E-state index in [9.17, 15) is 4.79 Å². The molecular weight excluding hydrogens is 323 g/mol. The number of benzene rings is 1. The topological polar surface area (TPSA) is 42.4 Å². The number of hydrogen-bond donors (Lipinski definition) is 0. The molecule has 0 radical (unpaired) electrons. The van der Waals surface area contributed by atoms with Crippen molar-refractivity contribution in [1.82, 2.24) is 9.88 Å². The fourth-order valence-corrected chi connectivity index (χ4v) is 2.31. The molecule has 0 saturated carbocycles. The van der Waals surface area contributed by atoms with Gasteiger partial charge in [-0.1, -0.05) is 35.3 Å². The number of hydrogen-bond acceptors (Lipinski definition) is 3. The number of halogens is 2. The highest BCUT2D eigenvalue weighted by Crippen LogP contribution is 2.23. The average molecular weight is 339 g/mol. The van der Waals surface area contributed by atoms with E-state index >= 15 is 0 Å². The van der Waals surface area contributed by atoms with E-state index in [1.54, 1.807) is 23.2 Å². The van der Waals surface area contributed by atoms with Gasteiger partial charge in [-0.2, -0.15) is 0 Å². The molecular formula is C16H16Cl2N2O2. The van der Waals surface area contributed by atoms with Gasteiger partial charge in [0, 0.05) is 19.9 Å². The van der Waals surface area contributed by atoms with Crippen molar-refractivity contribution in [3.63, 3.8) is 0 Å². The number of carbonyl (C=O) groups excluding carboxylic acids is 1. The van der Waals surface area contributed by atoms with Crippen molar-refractivity contribution in [1.29, 1.82) is 0 Å². The van der Waals surface area contributed by atoms with Gasteiger partial charge in [0.15, 0.2) is 0 Å². The van der Waals surface area contributed by atoms with E-state index in [1.165, 1.54) is 7.11 Å². The van der Waals surface area contributed by atoms with Crippen LogP contribution in [0.2, 0.25) is 10.0 Å². The van der Waals surface area contributed by atoms with Crippen molar-refractivity contribution in [2.24, 2.45) is 0 Å². The molecule has 1 aromatic carbocycles. The van der Waals surface area contributed by atoms with Crippen LogP contribution < -0.4 is 0 Å². The van der Waals surface area contributed by atoms with Gasteiger partial charge in [-0.15, -0.1) is 0 Å².